The van der Waals surface area contributed by atoms with Gasteiger partial charge in [0.15, 0.2) is 0 Å². The minimum Gasteiger partial charge on any atom is -0.345 e. The Morgan fingerprint density at radius 1 is 1.43 bits per heavy atom. The molecule has 0 saturated heterocycles. The fourth-order valence-corrected chi connectivity index (χ4v) is 2.26. The first-order chi connectivity index (χ1) is 6.72. The van der Waals surface area contributed by atoms with Crippen LogP contribution >= 0.6 is 15.9 Å². The van der Waals surface area contributed by atoms with Gasteiger partial charge in [0.2, 0.25) is 0 Å². The fourth-order valence-electron chi connectivity index (χ4n) is 1.69. The second kappa shape index (κ2) is 3.75. The smallest absolute Gasteiger partial charge is 0.0492 e. The summed E-state index contributed by atoms with van der Waals surface area (Å²) in [5.74, 6) is 0. The normalized spacial score (nSPS) is 11.1. The molecule has 2 nitrogen and oxygen atoms in total. The van der Waals surface area contributed by atoms with Crippen LogP contribution in [0.15, 0.2) is 28.9 Å². The zero-order chi connectivity index (χ0) is 10.1. The number of hydrogen-bond acceptors (Lipinski definition) is 1. The van der Waals surface area contributed by atoms with Crippen LogP contribution in [0.4, 0.5) is 0 Å². The summed E-state index contributed by atoms with van der Waals surface area (Å²) >= 11 is 3.56. The quantitative estimate of drug-likeness (QED) is 0.876. The van der Waals surface area contributed by atoms with Crippen LogP contribution in [0.5, 0.6) is 0 Å². The number of fused-ring (bicyclic) bond motifs is 1. The zero-order valence-corrected chi connectivity index (χ0v) is 9.71. The predicted molar refractivity (Wildman–Crippen MR) is 63.4 cm³/mol. The first kappa shape index (κ1) is 9.74. The van der Waals surface area contributed by atoms with Gasteiger partial charge in [-0.15, -0.1) is 0 Å². The molecular formula is C11H13BrN2. The van der Waals surface area contributed by atoms with Crippen molar-refractivity contribution in [3.05, 3.63) is 34.4 Å². The first-order valence-corrected chi connectivity index (χ1v) is 5.46. The third-order valence-corrected chi connectivity index (χ3v) is 2.99. The summed E-state index contributed by atoms with van der Waals surface area (Å²) in [5.41, 5.74) is 8.08. The van der Waals surface area contributed by atoms with E-state index >= 15 is 0 Å². The van der Waals surface area contributed by atoms with E-state index in [0.29, 0.717) is 6.54 Å². The van der Waals surface area contributed by atoms with E-state index in [0.717, 1.165) is 11.0 Å². The molecule has 2 N–H and O–H groups in total. The Labute approximate surface area is 91.8 Å². The Hall–Kier alpha value is -0.800. The molecule has 0 atom stereocenters. The molecule has 74 valence electrons. The van der Waals surface area contributed by atoms with Gasteiger partial charge >= 0.3 is 0 Å². The summed E-state index contributed by atoms with van der Waals surface area (Å²) in [4.78, 5) is 0. The Morgan fingerprint density at radius 2 is 2.21 bits per heavy atom. The van der Waals surface area contributed by atoms with Gasteiger partial charge in [-0.05, 0) is 35.0 Å². The van der Waals surface area contributed by atoms with E-state index in [-0.39, 0.29) is 0 Å². The van der Waals surface area contributed by atoms with Crippen molar-refractivity contribution in [1.82, 2.24) is 4.57 Å². The SMILES string of the molecule is Cc1ccc2c(c1)c(Br)cn2CCN. The molecule has 0 bridgehead atoms. The van der Waals surface area contributed by atoms with Crippen molar-refractivity contribution in [2.75, 3.05) is 6.54 Å². The second-order valence-corrected chi connectivity index (χ2v) is 4.33. The van der Waals surface area contributed by atoms with Crippen LogP contribution in [0.3, 0.4) is 0 Å². The maximum Gasteiger partial charge on any atom is 0.0492 e. The van der Waals surface area contributed by atoms with Gasteiger partial charge in [0.25, 0.3) is 0 Å². The van der Waals surface area contributed by atoms with Crippen LogP contribution in [0, 0.1) is 6.92 Å². The van der Waals surface area contributed by atoms with E-state index in [9.17, 15) is 0 Å². The van der Waals surface area contributed by atoms with E-state index in [1.807, 2.05) is 0 Å². The van der Waals surface area contributed by atoms with Gasteiger partial charge in [0.05, 0.1) is 0 Å². The highest BCUT2D eigenvalue weighted by atomic mass is 79.9. The molecule has 0 unspecified atom stereocenters. The van der Waals surface area contributed by atoms with Gasteiger partial charge in [-0.3, -0.25) is 0 Å². The highest BCUT2D eigenvalue weighted by Crippen LogP contribution is 2.26. The maximum atomic E-state index is 5.55. The zero-order valence-electron chi connectivity index (χ0n) is 8.13. The number of nitrogens with two attached hydrogens (primary N) is 1. The molecular weight excluding hydrogens is 240 g/mol. The molecule has 0 aliphatic rings. The maximum absolute atomic E-state index is 5.55. The van der Waals surface area contributed by atoms with Crippen molar-refractivity contribution in [3.8, 4) is 0 Å². The van der Waals surface area contributed by atoms with Crippen molar-refractivity contribution >= 4 is 26.8 Å². The van der Waals surface area contributed by atoms with Gasteiger partial charge in [0, 0.05) is 34.7 Å². The lowest BCUT2D eigenvalue weighted by Crippen LogP contribution is -2.08. The monoisotopic (exact) mass is 252 g/mol. The highest BCUT2D eigenvalue weighted by Gasteiger charge is 2.05. The summed E-state index contributed by atoms with van der Waals surface area (Å²) in [7, 11) is 0. The van der Waals surface area contributed by atoms with Crippen LogP contribution in [0.2, 0.25) is 0 Å². The van der Waals surface area contributed by atoms with Gasteiger partial charge in [-0.2, -0.15) is 0 Å². The predicted octanol–water partition coefficient (Wildman–Crippen LogP) is 2.67. The van der Waals surface area contributed by atoms with Crippen molar-refractivity contribution in [2.45, 2.75) is 13.5 Å². The minimum atomic E-state index is 0.671. The summed E-state index contributed by atoms with van der Waals surface area (Å²) in [6.07, 6.45) is 2.09. The molecule has 2 aromatic rings. The summed E-state index contributed by atoms with van der Waals surface area (Å²) < 4.78 is 3.32. The number of rotatable bonds is 2. The number of nitrogens with zero attached hydrogens (tertiary/aromatic N) is 1. The molecule has 0 fully saturated rings. The van der Waals surface area contributed by atoms with Crippen molar-refractivity contribution in [1.29, 1.82) is 0 Å². The Morgan fingerprint density at radius 3 is 2.93 bits per heavy atom. The van der Waals surface area contributed by atoms with Crippen LogP contribution < -0.4 is 5.73 Å². The average molecular weight is 253 g/mol. The van der Waals surface area contributed by atoms with Crippen molar-refractivity contribution in [3.63, 3.8) is 0 Å². The standard InChI is InChI=1S/C11H13BrN2/c1-8-2-3-11-9(6-8)10(12)7-14(11)5-4-13/h2-3,6-7H,4-5,13H2,1H3. The van der Waals surface area contributed by atoms with E-state index < -0.39 is 0 Å². The lowest BCUT2D eigenvalue weighted by atomic mass is 10.2. The van der Waals surface area contributed by atoms with Crippen LogP contribution in [-0.2, 0) is 6.54 Å². The van der Waals surface area contributed by atoms with Crippen LogP contribution in [0.1, 0.15) is 5.56 Å². The fraction of sp³-hybridized carbons (Fsp3) is 0.273. The number of benzene rings is 1. The molecule has 0 aliphatic heterocycles. The van der Waals surface area contributed by atoms with Gasteiger partial charge in [-0.1, -0.05) is 11.6 Å². The topological polar surface area (TPSA) is 30.9 Å². The molecule has 0 saturated carbocycles. The van der Waals surface area contributed by atoms with Crippen LogP contribution in [-0.4, -0.2) is 11.1 Å². The summed E-state index contributed by atoms with van der Waals surface area (Å²) in [6.45, 7) is 3.64. The lowest BCUT2D eigenvalue weighted by Gasteiger charge is -2.02. The lowest BCUT2D eigenvalue weighted by molar-refractivity contribution is 0.734. The molecule has 0 radical (unpaired) electrons. The molecule has 14 heavy (non-hydrogen) atoms. The second-order valence-electron chi connectivity index (χ2n) is 3.48. The Balaban J connectivity index is 2.65. The molecule has 2 rings (SSSR count). The van der Waals surface area contributed by atoms with Gasteiger partial charge in [0.1, 0.15) is 0 Å². The average Bonchev–Trinajstić information content (AvgIpc) is 2.44. The number of hydrogen-bond donors (Lipinski definition) is 1. The van der Waals surface area contributed by atoms with Gasteiger partial charge < -0.3 is 10.3 Å². The Kier molecular flexibility index (Phi) is 2.61. The molecule has 1 aromatic carbocycles. The number of aryl methyl sites for hydroxylation is 1. The third-order valence-electron chi connectivity index (χ3n) is 2.36. The molecule has 3 heteroatoms. The van der Waals surface area contributed by atoms with Gasteiger partial charge in [-0.25, -0.2) is 0 Å². The van der Waals surface area contributed by atoms with Crippen molar-refractivity contribution < 1.29 is 0 Å². The molecule has 0 aliphatic carbocycles. The number of halogens is 1. The van der Waals surface area contributed by atoms with Crippen LogP contribution in [0.25, 0.3) is 10.9 Å². The minimum absolute atomic E-state index is 0.671. The molecule has 1 aromatic heterocycles. The van der Waals surface area contributed by atoms with E-state index in [4.69, 9.17) is 5.73 Å². The highest BCUT2D eigenvalue weighted by molar-refractivity contribution is 9.10. The number of aromatic nitrogens is 1. The summed E-state index contributed by atoms with van der Waals surface area (Å²) in [5, 5.41) is 1.26. The summed E-state index contributed by atoms with van der Waals surface area (Å²) in [6, 6.07) is 6.46. The molecule has 1 heterocycles. The largest absolute Gasteiger partial charge is 0.345 e. The third kappa shape index (κ3) is 1.57. The van der Waals surface area contributed by atoms with E-state index in [1.165, 1.54) is 16.5 Å². The first-order valence-electron chi connectivity index (χ1n) is 4.67. The van der Waals surface area contributed by atoms with E-state index in [1.54, 1.807) is 0 Å². The molecule has 0 amide bonds. The Bertz CT molecular complexity index is 460. The van der Waals surface area contributed by atoms with Crippen molar-refractivity contribution in [2.24, 2.45) is 5.73 Å². The molecule has 0 spiro atoms. The van der Waals surface area contributed by atoms with E-state index in [2.05, 4.69) is 51.8 Å².